The Balaban J connectivity index is 1.61. The summed E-state index contributed by atoms with van der Waals surface area (Å²) < 4.78 is 4.61. The van der Waals surface area contributed by atoms with E-state index in [-0.39, 0.29) is 29.4 Å². The van der Waals surface area contributed by atoms with Gasteiger partial charge < -0.3 is 16.2 Å². The van der Waals surface area contributed by atoms with E-state index in [1.807, 2.05) is 48.5 Å². The number of aromatic nitrogens is 5. The number of carbonyl (C=O) groups is 1. The van der Waals surface area contributed by atoms with Crippen molar-refractivity contribution >= 4 is 34.5 Å². The molecule has 1 unspecified atom stereocenters. The Morgan fingerprint density at radius 1 is 1.21 bits per heavy atom. The summed E-state index contributed by atoms with van der Waals surface area (Å²) in [5.74, 6) is 6.02. The maximum Gasteiger partial charge on any atom is 0.264 e. The minimum atomic E-state index is -0.618. The number of para-hydroxylation sites is 1. The summed E-state index contributed by atoms with van der Waals surface area (Å²) in [5.41, 5.74) is 8.33. The lowest BCUT2D eigenvalue weighted by Crippen LogP contribution is -2.32. The number of anilines is 1. The maximum absolute atomic E-state index is 14.2. The molecule has 0 radical (unpaired) electrons. The van der Waals surface area contributed by atoms with Gasteiger partial charge >= 0.3 is 0 Å². The number of benzene rings is 2. The summed E-state index contributed by atoms with van der Waals surface area (Å²) in [7, 11) is 1.64. The topological polar surface area (TPSA) is 145 Å². The van der Waals surface area contributed by atoms with E-state index in [1.54, 1.807) is 41.7 Å². The molecule has 0 fully saturated rings. The largest absolute Gasteiger partial charge is 0.394 e. The normalized spacial score (nSPS) is 11.8. The first kappa shape index (κ1) is 28.8. The Labute approximate surface area is 247 Å². The number of allylic oxidation sites excluding steroid dienone is 1. The van der Waals surface area contributed by atoms with Gasteiger partial charge in [0.2, 0.25) is 0 Å². The van der Waals surface area contributed by atoms with E-state index in [9.17, 15) is 9.59 Å². The molecular weight excluding hydrogens is 544 g/mol. The van der Waals surface area contributed by atoms with Crippen molar-refractivity contribution in [3.8, 4) is 17.5 Å². The summed E-state index contributed by atoms with van der Waals surface area (Å²) in [4.78, 5) is 32.0. The first-order valence-electron chi connectivity index (χ1n) is 13.5. The number of aliphatic imine (C=N–C) groups is 1. The molecule has 3 aromatic heterocycles. The van der Waals surface area contributed by atoms with E-state index in [2.05, 4.69) is 38.9 Å². The zero-order valence-corrected chi connectivity index (χ0v) is 23.7. The molecule has 11 nitrogen and oxygen atoms in total. The van der Waals surface area contributed by atoms with Crippen molar-refractivity contribution in [2.75, 3.05) is 12.3 Å². The average molecular weight is 575 g/mol. The summed E-state index contributed by atoms with van der Waals surface area (Å²) in [6.45, 7) is 5.76. The van der Waals surface area contributed by atoms with Crippen LogP contribution in [0.2, 0.25) is 0 Å². The second-order valence-corrected chi connectivity index (χ2v) is 9.70. The standard InChI is InChI=1S/C32H30N8O3/c1-4-15-34-30-28(29(33)37-38(30)3)31(42)36-21(2)26-18-24-10-8-9-23(14-13-22-19-35-39(20-22)16-17-41)27(24)32(43)40(26)25-11-6-5-7-12-25/h4-12,15,18-21,41H,1,16-17H2,2-3H3,(H2,33,37)(H,36,42)/b34-15-. The van der Waals surface area contributed by atoms with Crippen LogP contribution in [0.1, 0.15) is 40.1 Å². The quantitative estimate of drug-likeness (QED) is 0.192. The fraction of sp³-hybridized carbons (Fsp3) is 0.156. The molecule has 0 spiro atoms. The van der Waals surface area contributed by atoms with Crippen LogP contribution in [-0.2, 0) is 13.6 Å². The molecule has 3 heterocycles. The minimum absolute atomic E-state index is 0.0296. The predicted molar refractivity (Wildman–Crippen MR) is 167 cm³/mol. The number of hydrogen-bond donors (Lipinski definition) is 3. The number of carbonyl (C=O) groups excluding carboxylic acids is 1. The van der Waals surface area contributed by atoms with Gasteiger partial charge in [-0.15, -0.1) is 0 Å². The molecule has 4 N–H and O–H groups in total. The number of rotatable bonds is 8. The highest BCUT2D eigenvalue weighted by atomic mass is 16.3. The fourth-order valence-corrected chi connectivity index (χ4v) is 4.81. The van der Waals surface area contributed by atoms with Gasteiger partial charge in [-0.2, -0.15) is 10.2 Å². The van der Waals surface area contributed by atoms with E-state index in [4.69, 9.17) is 10.8 Å². The Kier molecular flexibility index (Phi) is 8.32. The van der Waals surface area contributed by atoms with Crippen molar-refractivity contribution in [3.63, 3.8) is 0 Å². The van der Waals surface area contributed by atoms with Crippen molar-refractivity contribution in [3.05, 3.63) is 112 Å². The molecule has 0 aliphatic rings. The van der Waals surface area contributed by atoms with Gasteiger partial charge in [-0.25, -0.2) is 9.67 Å². The molecule has 0 saturated carbocycles. The number of amides is 1. The van der Waals surface area contributed by atoms with Gasteiger partial charge in [0.25, 0.3) is 11.5 Å². The molecule has 5 rings (SSSR count). The molecule has 5 aromatic rings. The molecule has 43 heavy (non-hydrogen) atoms. The zero-order chi connectivity index (χ0) is 30.5. The Bertz CT molecular complexity index is 1970. The number of aliphatic hydroxyl groups excluding tert-OH is 1. The summed E-state index contributed by atoms with van der Waals surface area (Å²) >= 11 is 0. The van der Waals surface area contributed by atoms with E-state index < -0.39 is 11.9 Å². The van der Waals surface area contributed by atoms with Crippen LogP contribution in [-0.4, -0.2) is 48.0 Å². The second-order valence-electron chi connectivity index (χ2n) is 9.70. The lowest BCUT2D eigenvalue weighted by Gasteiger charge is -2.21. The van der Waals surface area contributed by atoms with Crippen molar-refractivity contribution in [2.45, 2.75) is 19.5 Å². The highest BCUT2D eigenvalue weighted by Gasteiger charge is 2.25. The number of aryl methyl sites for hydroxylation is 1. The number of fused-ring (bicyclic) bond motifs is 1. The van der Waals surface area contributed by atoms with Crippen molar-refractivity contribution in [1.29, 1.82) is 0 Å². The van der Waals surface area contributed by atoms with Crippen LogP contribution < -0.4 is 16.6 Å². The van der Waals surface area contributed by atoms with Crippen LogP contribution in [0.4, 0.5) is 11.6 Å². The molecule has 0 saturated heterocycles. The number of pyridine rings is 1. The minimum Gasteiger partial charge on any atom is -0.394 e. The van der Waals surface area contributed by atoms with E-state index >= 15 is 0 Å². The first-order chi connectivity index (χ1) is 20.8. The molecule has 1 amide bonds. The third-order valence-corrected chi connectivity index (χ3v) is 6.76. The number of nitrogens with one attached hydrogen (secondary N) is 1. The first-order valence-corrected chi connectivity index (χ1v) is 13.5. The number of nitrogens with two attached hydrogens (primary N) is 1. The Morgan fingerprint density at radius 2 is 2.00 bits per heavy atom. The van der Waals surface area contributed by atoms with Crippen LogP contribution in [0.15, 0.2) is 89.4 Å². The maximum atomic E-state index is 14.2. The number of nitrogen functional groups attached to an aromatic ring is 1. The predicted octanol–water partition coefficient (Wildman–Crippen LogP) is 3.27. The molecule has 216 valence electrons. The van der Waals surface area contributed by atoms with Gasteiger partial charge in [0.05, 0.1) is 36.3 Å². The molecule has 1 atom stereocenters. The fourth-order valence-electron chi connectivity index (χ4n) is 4.81. The van der Waals surface area contributed by atoms with Crippen LogP contribution in [0, 0.1) is 11.8 Å². The van der Waals surface area contributed by atoms with Gasteiger partial charge in [-0.3, -0.25) is 18.8 Å². The van der Waals surface area contributed by atoms with Crippen LogP contribution in [0.3, 0.4) is 0 Å². The molecular formula is C32H30N8O3. The van der Waals surface area contributed by atoms with Crippen LogP contribution in [0.25, 0.3) is 16.5 Å². The van der Waals surface area contributed by atoms with Crippen LogP contribution in [0.5, 0.6) is 0 Å². The van der Waals surface area contributed by atoms with Gasteiger partial charge in [-0.1, -0.05) is 54.8 Å². The van der Waals surface area contributed by atoms with Gasteiger partial charge in [-0.05, 0) is 36.6 Å². The Morgan fingerprint density at radius 3 is 2.74 bits per heavy atom. The average Bonchev–Trinajstić information content (AvgIpc) is 3.57. The van der Waals surface area contributed by atoms with Crippen molar-refractivity contribution < 1.29 is 9.90 Å². The molecule has 2 aromatic carbocycles. The molecule has 0 bridgehead atoms. The summed E-state index contributed by atoms with van der Waals surface area (Å²) in [5, 5.41) is 21.6. The van der Waals surface area contributed by atoms with E-state index in [0.29, 0.717) is 39.8 Å². The summed E-state index contributed by atoms with van der Waals surface area (Å²) in [6, 6.07) is 15.9. The van der Waals surface area contributed by atoms with E-state index in [0.717, 1.165) is 0 Å². The molecule has 0 aliphatic heterocycles. The lowest BCUT2D eigenvalue weighted by molar-refractivity contribution is 0.0940. The molecule has 0 aliphatic carbocycles. The highest BCUT2D eigenvalue weighted by Crippen LogP contribution is 2.27. The number of aliphatic hydroxyl groups is 1. The lowest BCUT2D eigenvalue weighted by atomic mass is 10.0. The third kappa shape index (κ3) is 5.86. The SMILES string of the molecule is C=C/C=N\c1c(C(=O)NC(C)c2cc3cccc(C#Cc4cnn(CCO)c4)c3c(=O)n2-c2ccccc2)c(N)nn1C. The second kappa shape index (κ2) is 12.4. The smallest absolute Gasteiger partial charge is 0.264 e. The van der Waals surface area contributed by atoms with Crippen LogP contribution >= 0.6 is 0 Å². The highest BCUT2D eigenvalue weighted by molar-refractivity contribution is 6.03. The Hall–Kier alpha value is -5.73. The van der Waals surface area contributed by atoms with Gasteiger partial charge in [0.1, 0.15) is 5.56 Å². The third-order valence-electron chi connectivity index (χ3n) is 6.76. The summed E-state index contributed by atoms with van der Waals surface area (Å²) in [6.07, 6.45) is 6.29. The van der Waals surface area contributed by atoms with Crippen molar-refractivity contribution in [1.82, 2.24) is 29.4 Å². The monoisotopic (exact) mass is 574 g/mol. The van der Waals surface area contributed by atoms with E-state index in [1.165, 1.54) is 17.0 Å². The van der Waals surface area contributed by atoms with Crippen molar-refractivity contribution in [2.24, 2.45) is 12.0 Å². The zero-order valence-electron chi connectivity index (χ0n) is 23.7. The van der Waals surface area contributed by atoms with Gasteiger partial charge in [0.15, 0.2) is 11.6 Å². The molecule has 11 heteroatoms. The number of nitrogens with zero attached hydrogens (tertiary/aromatic N) is 6. The van der Waals surface area contributed by atoms with Gasteiger partial charge in [0, 0.05) is 36.4 Å². The number of hydrogen-bond acceptors (Lipinski definition) is 7.